The highest BCUT2D eigenvalue weighted by molar-refractivity contribution is 9.10. The number of benzene rings is 1. The first-order valence-electron chi connectivity index (χ1n) is 4.70. The Kier molecular flexibility index (Phi) is 3.07. The molecule has 0 aliphatic heterocycles. The van der Waals surface area contributed by atoms with E-state index in [1.165, 1.54) is 6.07 Å². The molecule has 1 N–H and O–H groups in total. The molecule has 5 heteroatoms. The molecule has 1 aromatic carbocycles. The summed E-state index contributed by atoms with van der Waals surface area (Å²) in [5.41, 5.74) is 0.658. The summed E-state index contributed by atoms with van der Waals surface area (Å²) in [6.45, 7) is 0. The fourth-order valence-corrected chi connectivity index (χ4v) is 1.79. The summed E-state index contributed by atoms with van der Waals surface area (Å²) in [4.78, 5) is 0. The van der Waals surface area contributed by atoms with E-state index < -0.39 is 11.9 Å². The lowest BCUT2D eigenvalue weighted by Crippen LogP contribution is -2.04. The Morgan fingerprint density at radius 3 is 2.75 bits per heavy atom. The standard InChI is InChI=1S/C11H10BrFN2O/c1-15-5-4-10(14-15)11(16)8-3-2-7(12)6-9(8)13/h2-6,11,16H,1H3. The largest absolute Gasteiger partial charge is 0.382 e. The lowest BCUT2D eigenvalue weighted by Gasteiger charge is -2.09. The number of hydrogen-bond acceptors (Lipinski definition) is 2. The maximum atomic E-state index is 13.6. The van der Waals surface area contributed by atoms with Crippen molar-refractivity contribution >= 4 is 15.9 Å². The molecule has 0 spiro atoms. The first-order chi connectivity index (χ1) is 7.58. The average Bonchev–Trinajstić information content (AvgIpc) is 2.64. The molecule has 0 aliphatic carbocycles. The van der Waals surface area contributed by atoms with Gasteiger partial charge in [-0.3, -0.25) is 4.68 Å². The van der Waals surface area contributed by atoms with Gasteiger partial charge < -0.3 is 5.11 Å². The van der Waals surface area contributed by atoms with Gasteiger partial charge in [0.25, 0.3) is 0 Å². The number of hydrogen-bond donors (Lipinski definition) is 1. The van der Waals surface area contributed by atoms with E-state index in [0.717, 1.165) is 0 Å². The molecule has 16 heavy (non-hydrogen) atoms. The van der Waals surface area contributed by atoms with Gasteiger partial charge in [-0.05, 0) is 18.2 Å². The number of nitrogens with zero attached hydrogens (tertiary/aromatic N) is 2. The van der Waals surface area contributed by atoms with Crippen LogP contribution in [-0.2, 0) is 7.05 Å². The number of rotatable bonds is 2. The molecule has 0 fully saturated rings. The van der Waals surface area contributed by atoms with Crippen molar-refractivity contribution in [2.24, 2.45) is 7.05 Å². The van der Waals surface area contributed by atoms with Gasteiger partial charge >= 0.3 is 0 Å². The van der Waals surface area contributed by atoms with Crippen LogP contribution < -0.4 is 0 Å². The number of halogens is 2. The molecular formula is C11H10BrFN2O. The van der Waals surface area contributed by atoms with Gasteiger partial charge in [-0.25, -0.2) is 4.39 Å². The highest BCUT2D eigenvalue weighted by Crippen LogP contribution is 2.25. The summed E-state index contributed by atoms with van der Waals surface area (Å²) >= 11 is 3.16. The van der Waals surface area contributed by atoms with Gasteiger partial charge in [-0.15, -0.1) is 0 Å². The predicted molar refractivity (Wildman–Crippen MR) is 61.4 cm³/mol. The van der Waals surface area contributed by atoms with Crippen LogP contribution in [0.15, 0.2) is 34.9 Å². The second-order valence-corrected chi connectivity index (χ2v) is 4.40. The van der Waals surface area contributed by atoms with Crippen molar-refractivity contribution in [3.63, 3.8) is 0 Å². The van der Waals surface area contributed by atoms with Crippen LogP contribution in [0.1, 0.15) is 17.4 Å². The van der Waals surface area contributed by atoms with Crippen molar-refractivity contribution in [1.82, 2.24) is 9.78 Å². The van der Waals surface area contributed by atoms with E-state index in [9.17, 15) is 9.50 Å². The van der Waals surface area contributed by atoms with Gasteiger partial charge in [0.2, 0.25) is 0 Å². The molecule has 2 rings (SSSR count). The van der Waals surface area contributed by atoms with Crippen molar-refractivity contribution in [2.45, 2.75) is 6.10 Å². The fourth-order valence-electron chi connectivity index (χ4n) is 1.46. The molecule has 1 unspecified atom stereocenters. The van der Waals surface area contributed by atoms with E-state index in [1.54, 1.807) is 36.1 Å². The Balaban J connectivity index is 2.37. The summed E-state index contributed by atoms with van der Waals surface area (Å²) in [5.74, 6) is -0.451. The summed E-state index contributed by atoms with van der Waals surface area (Å²) in [7, 11) is 1.74. The number of aromatic nitrogens is 2. The molecular weight excluding hydrogens is 275 g/mol. The summed E-state index contributed by atoms with van der Waals surface area (Å²) in [6, 6.07) is 6.21. The Labute approximate surface area is 101 Å². The Morgan fingerprint density at radius 2 is 2.19 bits per heavy atom. The fraction of sp³-hybridized carbons (Fsp3) is 0.182. The highest BCUT2D eigenvalue weighted by Gasteiger charge is 2.17. The third kappa shape index (κ3) is 2.15. The Bertz CT molecular complexity index is 512. The topological polar surface area (TPSA) is 38.0 Å². The molecule has 1 aromatic heterocycles. The van der Waals surface area contributed by atoms with Gasteiger partial charge in [0.15, 0.2) is 0 Å². The van der Waals surface area contributed by atoms with Crippen molar-refractivity contribution < 1.29 is 9.50 Å². The molecule has 0 saturated carbocycles. The van der Waals surface area contributed by atoms with E-state index in [2.05, 4.69) is 21.0 Å². The average molecular weight is 285 g/mol. The van der Waals surface area contributed by atoms with Crippen LogP contribution in [0.3, 0.4) is 0 Å². The molecule has 84 valence electrons. The Hall–Kier alpha value is -1.20. The second-order valence-electron chi connectivity index (χ2n) is 3.48. The molecule has 0 bridgehead atoms. The highest BCUT2D eigenvalue weighted by atomic mass is 79.9. The second kappa shape index (κ2) is 4.35. The zero-order valence-electron chi connectivity index (χ0n) is 8.56. The molecule has 0 saturated heterocycles. The molecule has 1 heterocycles. The lowest BCUT2D eigenvalue weighted by atomic mass is 10.1. The van der Waals surface area contributed by atoms with E-state index in [1.807, 2.05) is 0 Å². The third-order valence-electron chi connectivity index (χ3n) is 2.27. The van der Waals surface area contributed by atoms with Crippen LogP contribution in [0.2, 0.25) is 0 Å². The quantitative estimate of drug-likeness (QED) is 0.920. The Morgan fingerprint density at radius 1 is 1.44 bits per heavy atom. The SMILES string of the molecule is Cn1ccc(C(O)c2ccc(Br)cc2F)n1. The maximum Gasteiger partial charge on any atom is 0.130 e. The van der Waals surface area contributed by atoms with Crippen molar-refractivity contribution in [1.29, 1.82) is 0 Å². The van der Waals surface area contributed by atoms with E-state index in [-0.39, 0.29) is 5.56 Å². The van der Waals surface area contributed by atoms with Crippen LogP contribution in [0.4, 0.5) is 4.39 Å². The van der Waals surface area contributed by atoms with Gasteiger partial charge in [0.05, 0.1) is 5.69 Å². The van der Waals surface area contributed by atoms with Gasteiger partial charge in [-0.1, -0.05) is 22.0 Å². The van der Waals surface area contributed by atoms with Crippen LogP contribution in [-0.4, -0.2) is 14.9 Å². The molecule has 0 radical (unpaired) electrons. The molecule has 0 aliphatic rings. The van der Waals surface area contributed by atoms with Crippen molar-refractivity contribution in [2.75, 3.05) is 0 Å². The van der Waals surface area contributed by atoms with Crippen LogP contribution >= 0.6 is 15.9 Å². The molecule has 1 atom stereocenters. The van der Waals surface area contributed by atoms with Crippen molar-refractivity contribution in [3.05, 3.63) is 52.0 Å². The van der Waals surface area contributed by atoms with E-state index in [0.29, 0.717) is 10.2 Å². The van der Waals surface area contributed by atoms with E-state index >= 15 is 0 Å². The van der Waals surface area contributed by atoms with Crippen LogP contribution in [0, 0.1) is 5.82 Å². The third-order valence-corrected chi connectivity index (χ3v) is 2.76. The zero-order chi connectivity index (χ0) is 11.7. The van der Waals surface area contributed by atoms with Crippen LogP contribution in [0.25, 0.3) is 0 Å². The monoisotopic (exact) mass is 284 g/mol. The number of aryl methyl sites for hydroxylation is 1. The molecule has 2 aromatic rings. The number of aliphatic hydroxyl groups is 1. The van der Waals surface area contributed by atoms with Crippen LogP contribution in [0.5, 0.6) is 0 Å². The van der Waals surface area contributed by atoms with Gasteiger partial charge in [0, 0.05) is 23.3 Å². The maximum absolute atomic E-state index is 13.6. The zero-order valence-corrected chi connectivity index (χ0v) is 10.1. The predicted octanol–water partition coefficient (Wildman–Crippen LogP) is 2.40. The first-order valence-corrected chi connectivity index (χ1v) is 5.50. The number of aliphatic hydroxyl groups excluding tert-OH is 1. The molecule has 3 nitrogen and oxygen atoms in total. The first kappa shape index (κ1) is 11.3. The lowest BCUT2D eigenvalue weighted by molar-refractivity contribution is 0.209. The summed E-state index contributed by atoms with van der Waals surface area (Å²) in [5, 5.41) is 14.0. The minimum Gasteiger partial charge on any atom is -0.382 e. The molecule has 0 amide bonds. The summed E-state index contributed by atoms with van der Waals surface area (Å²) in [6.07, 6.45) is 0.671. The van der Waals surface area contributed by atoms with Crippen molar-refractivity contribution in [3.8, 4) is 0 Å². The normalized spacial score (nSPS) is 12.8. The smallest absolute Gasteiger partial charge is 0.130 e. The van der Waals surface area contributed by atoms with Gasteiger partial charge in [0.1, 0.15) is 11.9 Å². The van der Waals surface area contributed by atoms with E-state index in [4.69, 9.17) is 0 Å². The minimum absolute atomic E-state index is 0.224. The van der Waals surface area contributed by atoms with Gasteiger partial charge in [-0.2, -0.15) is 5.10 Å². The minimum atomic E-state index is -1.03. The summed E-state index contributed by atoms with van der Waals surface area (Å²) < 4.78 is 15.8.